The number of halogens is 1. The Morgan fingerprint density at radius 1 is 1.20 bits per heavy atom. The van der Waals surface area contributed by atoms with E-state index in [-0.39, 0.29) is 41.0 Å². The highest BCUT2D eigenvalue weighted by atomic mass is 19.1. The second-order valence-corrected chi connectivity index (χ2v) is 11.1. The number of carbonyl (C=O) groups is 2. The number of aromatic nitrogens is 1. The van der Waals surface area contributed by atoms with E-state index in [0.717, 1.165) is 18.4 Å². The Kier molecular flexibility index (Phi) is 7.07. The average Bonchev–Trinajstić information content (AvgIpc) is 3.76. The van der Waals surface area contributed by atoms with Crippen molar-refractivity contribution in [3.8, 4) is 5.75 Å². The fraction of sp³-hybridized carbons (Fsp3) is 0.414. The monoisotopic (exact) mass is 552 g/mol. The molecule has 1 unspecified atom stereocenters. The maximum Gasteiger partial charge on any atom is 0.407 e. The molecule has 2 fully saturated rings. The number of carboxylic acid groups (broad SMARTS) is 1. The lowest BCUT2D eigenvalue weighted by molar-refractivity contribution is 0.0694. The minimum Gasteiger partial charge on any atom is -0.492 e. The zero-order chi connectivity index (χ0) is 28.8. The number of carboxylic acids is 1. The van der Waals surface area contributed by atoms with Crippen LogP contribution in [0.3, 0.4) is 0 Å². The Hall–Kier alpha value is -4.28. The van der Waals surface area contributed by atoms with Crippen molar-refractivity contribution in [1.82, 2.24) is 9.88 Å². The van der Waals surface area contributed by atoms with Crippen molar-refractivity contribution in [3.05, 3.63) is 63.7 Å². The normalized spacial score (nSPS) is 18.4. The molecule has 1 aromatic heterocycles. The Bertz CT molecular complexity index is 1530. The molecule has 3 aromatic rings. The van der Waals surface area contributed by atoms with Crippen LogP contribution in [0.4, 0.5) is 20.6 Å². The highest BCUT2D eigenvalue weighted by Crippen LogP contribution is 2.47. The second-order valence-electron chi connectivity index (χ2n) is 11.1. The fourth-order valence-electron chi connectivity index (χ4n) is 5.55. The molecule has 1 aliphatic carbocycles. The van der Waals surface area contributed by atoms with Crippen molar-refractivity contribution in [1.29, 1.82) is 0 Å². The van der Waals surface area contributed by atoms with Gasteiger partial charge in [0.2, 0.25) is 5.43 Å². The Morgan fingerprint density at radius 2 is 1.90 bits per heavy atom. The predicted molar refractivity (Wildman–Crippen MR) is 149 cm³/mol. The fourth-order valence-corrected chi connectivity index (χ4v) is 5.55. The van der Waals surface area contributed by atoms with Gasteiger partial charge in [-0.1, -0.05) is 44.2 Å². The molecule has 1 saturated carbocycles. The van der Waals surface area contributed by atoms with E-state index in [2.05, 4.69) is 5.32 Å². The van der Waals surface area contributed by atoms with Crippen LogP contribution < -0.4 is 26.1 Å². The summed E-state index contributed by atoms with van der Waals surface area (Å²) >= 11 is 0. The molecule has 1 saturated heterocycles. The first-order valence-electron chi connectivity index (χ1n) is 13.2. The van der Waals surface area contributed by atoms with Gasteiger partial charge in [0.15, 0.2) is 11.6 Å². The van der Waals surface area contributed by atoms with Gasteiger partial charge in [0, 0.05) is 36.8 Å². The molecule has 0 spiro atoms. The molecule has 0 bridgehead atoms. The molecule has 11 heteroatoms. The van der Waals surface area contributed by atoms with Crippen LogP contribution in [0, 0.1) is 11.2 Å². The summed E-state index contributed by atoms with van der Waals surface area (Å²) in [5.41, 5.74) is 5.27. The lowest BCUT2D eigenvalue weighted by Crippen LogP contribution is -2.56. The van der Waals surface area contributed by atoms with E-state index in [0.29, 0.717) is 19.5 Å². The number of rotatable bonds is 7. The number of aromatic carboxylic acids is 1. The molecule has 2 aliphatic rings. The van der Waals surface area contributed by atoms with Crippen LogP contribution >= 0.6 is 0 Å². The zero-order valence-corrected chi connectivity index (χ0v) is 22.7. The van der Waals surface area contributed by atoms with Gasteiger partial charge in [-0.3, -0.25) is 4.79 Å². The zero-order valence-electron chi connectivity index (χ0n) is 22.7. The van der Waals surface area contributed by atoms with Crippen molar-refractivity contribution in [2.75, 3.05) is 30.8 Å². The first-order valence-corrected chi connectivity index (χ1v) is 13.2. The van der Waals surface area contributed by atoms with Gasteiger partial charge in [0.25, 0.3) is 0 Å². The van der Waals surface area contributed by atoms with Crippen LogP contribution in [0.2, 0.25) is 0 Å². The molecule has 5 rings (SSSR count). The van der Waals surface area contributed by atoms with E-state index in [1.807, 2.05) is 49.1 Å². The Balaban J connectivity index is 1.46. The number of nitrogen functional groups attached to an aromatic ring is 1. The molecular weight excluding hydrogens is 519 g/mol. The summed E-state index contributed by atoms with van der Waals surface area (Å²) in [5, 5.41) is 12.4. The number of piperidine rings is 1. The molecule has 1 amide bonds. The number of benzene rings is 2. The topological polar surface area (TPSA) is 136 Å². The molecule has 212 valence electrons. The molecule has 1 atom stereocenters. The number of anilines is 2. The van der Waals surface area contributed by atoms with Crippen LogP contribution in [-0.4, -0.2) is 48.0 Å². The summed E-state index contributed by atoms with van der Waals surface area (Å²) in [6, 6.07) is 9.09. The van der Waals surface area contributed by atoms with Gasteiger partial charge < -0.3 is 35.1 Å². The van der Waals surface area contributed by atoms with Crippen molar-refractivity contribution in [2.24, 2.45) is 5.41 Å². The van der Waals surface area contributed by atoms with Crippen LogP contribution in [0.5, 0.6) is 5.75 Å². The lowest BCUT2D eigenvalue weighted by Gasteiger charge is -2.45. The number of amides is 1. The highest BCUT2D eigenvalue weighted by molar-refractivity contribution is 6.03. The number of ether oxygens (including phenoxy) is 2. The summed E-state index contributed by atoms with van der Waals surface area (Å²) in [5.74, 6) is -2.11. The number of nitrogens with zero attached hydrogens (tertiary/aromatic N) is 2. The largest absolute Gasteiger partial charge is 0.492 e. The number of pyridine rings is 1. The van der Waals surface area contributed by atoms with Crippen molar-refractivity contribution < 1.29 is 28.6 Å². The minimum absolute atomic E-state index is 0.0407. The van der Waals surface area contributed by atoms with Crippen molar-refractivity contribution in [3.63, 3.8) is 0 Å². The van der Waals surface area contributed by atoms with Gasteiger partial charge in [-0.25, -0.2) is 14.0 Å². The smallest absolute Gasteiger partial charge is 0.407 e. The number of carbonyl (C=O) groups excluding carboxylic acids is 1. The third kappa shape index (κ3) is 4.91. The van der Waals surface area contributed by atoms with E-state index in [1.165, 1.54) is 13.3 Å². The lowest BCUT2D eigenvalue weighted by atomic mass is 9.79. The maximum absolute atomic E-state index is 16.0. The summed E-state index contributed by atoms with van der Waals surface area (Å²) < 4.78 is 28.8. The van der Waals surface area contributed by atoms with Gasteiger partial charge in [-0.05, 0) is 24.8 Å². The molecule has 1 aliphatic heterocycles. The van der Waals surface area contributed by atoms with Crippen molar-refractivity contribution in [2.45, 2.75) is 51.8 Å². The van der Waals surface area contributed by atoms with Gasteiger partial charge in [-0.15, -0.1) is 0 Å². The molecule has 4 N–H and O–H groups in total. The third-order valence-corrected chi connectivity index (χ3v) is 7.80. The number of methoxy groups -OCH3 is 1. The average molecular weight is 553 g/mol. The van der Waals surface area contributed by atoms with Gasteiger partial charge in [0.05, 0.1) is 23.7 Å². The summed E-state index contributed by atoms with van der Waals surface area (Å²) in [6.45, 7) is 4.80. The van der Waals surface area contributed by atoms with Gasteiger partial charge in [-0.2, -0.15) is 0 Å². The molecule has 2 aromatic carbocycles. The van der Waals surface area contributed by atoms with Gasteiger partial charge >= 0.3 is 12.1 Å². The van der Waals surface area contributed by atoms with Crippen LogP contribution in [0.25, 0.3) is 10.9 Å². The first kappa shape index (κ1) is 27.3. The molecule has 40 heavy (non-hydrogen) atoms. The number of nitrogens with one attached hydrogen (secondary N) is 1. The van der Waals surface area contributed by atoms with E-state index < -0.39 is 40.0 Å². The van der Waals surface area contributed by atoms with Crippen LogP contribution in [-0.2, 0) is 11.3 Å². The minimum atomic E-state index is -1.40. The van der Waals surface area contributed by atoms with E-state index in [4.69, 9.17) is 15.2 Å². The number of fused-ring (bicyclic) bond motifs is 1. The quantitative estimate of drug-likeness (QED) is 0.369. The number of hydrogen-bond acceptors (Lipinski definition) is 7. The standard InChI is InChI=1S/C29H33FN4O6/c1-29(2)15-33(12-11-19(29)32-28(38)40-14-16-7-5-4-6-8-16)24-21(30)22(31)20-23(26(24)39-3)34(17-9-10-17)13-18(25(20)35)27(36)37/h4-8,13,17,19H,9-12,14-15,31H2,1-3H3,(H,32,38)(H,36,37). The van der Waals surface area contributed by atoms with E-state index >= 15 is 4.39 Å². The molecular formula is C29H33FN4O6. The Morgan fingerprint density at radius 3 is 2.50 bits per heavy atom. The first-order chi connectivity index (χ1) is 19.0. The SMILES string of the molecule is COc1c(N2CCC(NC(=O)OCc3ccccc3)C(C)(C)C2)c(F)c(N)c2c(=O)c(C(=O)O)cn(C3CC3)c12. The predicted octanol–water partition coefficient (Wildman–Crippen LogP) is 4.30. The third-order valence-electron chi connectivity index (χ3n) is 7.80. The highest BCUT2D eigenvalue weighted by Gasteiger charge is 2.40. The number of alkyl carbamates (subject to hydrolysis) is 1. The molecule has 10 nitrogen and oxygen atoms in total. The number of hydrogen-bond donors (Lipinski definition) is 3. The Labute approximate surface area is 230 Å². The van der Waals surface area contributed by atoms with Crippen molar-refractivity contribution >= 4 is 34.3 Å². The summed E-state index contributed by atoms with van der Waals surface area (Å²) in [6.07, 6.45) is 2.84. The van der Waals surface area contributed by atoms with Crippen LogP contribution in [0.15, 0.2) is 41.3 Å². The van der Waals surface area contributed by atoms with E-state index in [1.54, 1.807) is 4.57 Å². The summed E-state index contributed by atoms with van der Waals surface area (Å²) in [4.78, 5) is 39.3. The molecule has 0 radical (unpaired) electrons. The second kappa shape index (κ2) is 10.4. The van der Waals surface area contributed by atoms with Crippen LogP contribution in [0.1, 0.15) is 55.1 Å². The number of nitrogens with two attached hydrogens (primary N) is 1. The van der Waals surface area contributed by atoms with Gasteiger partial charge in [0.1, 0.15) is 17.9 Å². The molecule has 2 heterocycles. The van der Waals surface area contributed by atoms with E-state index in [9.17, 15) is 19.5 Å². The summed E-state index contributed by atoms with van der Waals surface area (Å²) in [7, 11) is 1.39. The maximum atomic E-state index is 16.0.